The molecule has 1 atom stereocenters. The van der Waals surface area contributed by atoms with Gasteiger partial charge in [-0.05, 0) is 55.0 Å². The van der Waals surface area contributed by atoms with E-state index in [1.54, 1.807) is 19.4 Å². The predicted octanol–water partition coefficient (Wildman–Crippen LogP) is 3.55. The van der Waals surface area contributed by atoms with Crippen molar-refractivity contribution in [3.8, 4) is 5.75 Å². The Morgan fingerprint density at radius 3 is 2.71 bits per heavy atom. The van der Waals surface area contributed by atoms with Crippen molar-refractivity contribution < 1.29 is 14.3 Å². The number of amides is 2. The monoisotopic (exact) mass is 419 g/mol. The number of pyridine rings is 1. The summed E-state index contributed by atoms with van der Waals surface area (Å²) in [5.74, 6) is 1.25. The second-order valence-corrected chi connectivity index (χ2v) is 8.23. The third-order valence-electron chi connectivity index (χ3n) is 6.30. The van der Waals surface area contributed by atoms with Crippen LogP contribution in [0.15, 0.2) is 60.8 Å². The highest BCUT2D eigenvalue weighted by atomic mass is 16.5. The smallest absolute Gasteiger partial charge is 0.272 e. The van der Waals surface area contributed by atoms with E-state index in [1.807, 2.05) is 46.2 Å². The number of nitrogens with zero attached hydrogens (tertiary/aromatic N) is 3. The van der Waals surface area contributed by atoms with Gasteiger partial charge in [-0.3, -0.25) is 14.6 Å². The van der Waals surface area contributed by atoms with Gasteiger partial charge in [-0.2, -0.15) is 0 Å². The fraction of sp³-hybridized carbons (Fsp3) is 0.400. The Morgan fingerprint density at radius 1 is 1.13 bits per heavy atom. The van der Waals surface area contributed by atoms with E-state index in [1.165, 1.54) is 0 Å². The zero-order valence-corrected chi connectivity index (χ0v) is 17.9. The first-order valence-corrected chi connectivity index (χ1v) is 10.9. The van der Waals surface area contributed by atoms with E-state index in [9.17, 15) is 9.59 Å². The topological polar surface area (TPSA) is 62.7 Å². The lowest BCUT2D eigenvalue weighted by Crippen LogP contribution is -2.44. The Labute approximate surface area is 183 Å². The Hall–Kier alpha value is -3.15. The number of benzene rings is 1. The number of ether oxygens (including phenoxy) is 1. The van der Waals surface area contributed by atoms with Gasteiger partial charge >= 0.3 is 0 Å². The first kappa shape index (κ1) is 21.1. The molecule has 1 aromatic carbocycles. The van der Waals surface area contributed by atoms with Crippen LogP contribution in [-0.2, 0) is 11.3 Å². The number of methoxy groups -OCH3 is 1. The lowest BCUT2D eigenvalue weighted by Gasteiger charge is -2.36. The van der Waals surface area contributed by atoms with Crippen LogP contribution in [0.5, 0.6) is 5.75 Å². The molecule has 2 aromatic rings. The zero-order valence-electron chi connectivity index (χ0n) is 17.9. The average Bonchev–Trinajstić information content (AvgIpc) is 3.01. The molecule has 2 aliphatic rings. The van der Waals surface area contributed by atoms with E-state index in [-0.39, 0.29) is 23.7 Å². The quantitative estimate of drug-likeness (QED) is 0.696. The van der Waals surface area contributed by atoms with E-state index in [4.69, 9.17) is 4.74 Å². The van der Waals surface area contributed by atoms with Crippen molar-refractivity contribution in [1.82, 2.24) is 14.8 Å². The fourth-order valence-electron chi connectivity index (χ4n) is 4.55. The van der Waals surface area contributed by atoms with Gasteiger partial charge in [0.05, 0.1) is 7.11 Å². The largest absolute Gasteiger partial charge is 0.497 e. The van der Waals surface area contributed by atoms with Crippen LogP contribution in [-0.4, -0.2) is 53.3 Å². The number of carbonyl (C=O) groups is 2. The van der Waals surface area contributed by atoms with Crippen LogP contribution in [0, 0.1) is 11.8 Å². The number of hydrogen-bond acceptors (Lipinski definition) is 4. The molecule has 0 radical (unpaired) electrons. The van der Waals surface area contributed by atoms with Crippen LogP contribution >= 0.6 is 0 Å². The summed E-state index contributed by atoms with van der Waals surface area (Å²) in [6.45, 7) is 2.55. The van der Waals surface area contributed by atoms with Crippen molar-refractivity contribution in [3.63, 3.8) is 0 Å². The summed E-state index contributed by atoms with van der Waals surface area (Å²) in [6, 6.07) is 13.3. The van der Waals surface area contributed by atoms with Crippen LogP contribution in [0.3, 0.4) is 0 Å². The lowest BCUT2D eigenvalue weighted by atomic mass is 9.81. The first-order chi connectivity index (χ1) is 15.2. The maximum atomic E-state index is 13.4. The van der Waals surface area contributed by atoms with Crippen molar-refractivity contribution in [2.24, 2.45) is 11.8 Å². The summed E-state index contributed by atoms with van der Waals surface area (Å²) in [7, 11) is 1.65. The van der Waals surface area contributed by atoms with Gasteiger partial charge in [0.2, 0.25) is 5.91 Å². The van der Waals surface area contributed by atoms with E-state index >= 15 is 0 Å². The number of carbonyl (C=O) groups excluding carboxylic acids is 2. The minimum atomic E-state index is -0.0311. The molecule has 0 bridgehead atoms. The molecule has 162 valence electrons. The Bertz CT molecular complexity index is 936. The summed E-state index contributed by atoms with van der Waals surface area (Å²) in [6.07, 6.45) is 8.34. The molecule has 1 aromatic heterocycles. The van der Waals surface area contributed by atoms with Gasteiger partial charge in [0.1, 0.15) is 11.4 Å². The number of allylic oxidation sites excluding steroid dienone is 1. The van der Waals surface area contributed by atoms with Crippen molar-refractivity contribution in [1.29, 1.82) is 0 Å². The molecule has 1 fully saturated rings. The van der Waals surface area contributed by atoms with Crippen LogP contribution in [0.4, 0.5) is 0 Å². The molecule has 6 nitrogen and oxygen atoms in total. The summed E-state index contributed by atoms with van der Waals surface area (Å²) in [4.78, 5) is 34.1. The summed E-state index contributed by atoms with van der Waals surface area (Å²) >= 11 is 0. The molecular weight excluding hydrogens is 390 g/mol. The van der Waals surface area contributed by atoms with Crippen molar-refractivity contribution >= 4 is 11.8 Å². The number of likely N-dealkylation sites (tertiary alicyclic amines) is 1. The molecule has 0 N–H and O–H groups in total. The second kappa shape index (κ2) is 9.77. The van der Waals surface area contributed by atoms with E-state index in [2.05, 4.69) is 17.1 Å². The molecule has 2 aliphatic heterocycles. The molecular formula is C25H29N3O3. The lowest BCUT2D eigenvalue weighted by molar-refractivity contribution is -0.137. The highest BCUT2D eigenvalue weighted by Gasteiger charge is 2.35. The van der Waals surface area contributed by atoms with E-state index in [0.717, 1.165) is 30.6 Å². The Kier molecular flexibility index (Phi) is 6.65. The molecule has 2 amide bonds. The summed E-state index contributed by atoms with van der Waals surface area (Å²) in [5, 5.41) is 0. The maximum Gasteiger partial charge on any atom is 0.272 e. The van der Waals surface area contributed by atoms with Gasteiger partial charge in [-0.15, -0.1) is 0 Å². The SMILES string of the molecule is COc1cccc(CN2CC=CC[C@H](C3CCN(C(=O)c4ccccn4)CC3)C2=O)c1. The highest BCUT2D eigenvalue weighted by Crippen LogP contribution is 2.31. The fourth-order valence-corrected chi connectivity index (χ4v) is 4.55. The predicted molar refractivity (Wildman–Crippen MR) is 119 cm³/mol. The van der Waals surface area contributed by atoms with E-state index in [0.29, 0.717) is 31.9 Å². The first-order valence-electron chi connectivity index (χ1n) is 10.9. The molecule has 4 rings (SSSR count). The number of piperidine rings is 1. The van der Waals surface area contributed by atoms with Crippen LogP contribution in [0.1, 0.15) is 35.3 Å². The third-order valence-corrected chi connectivity index (χ3v) is 6.30. The van der Waals surface area contributed by atoms with E-state index < -0.39 is 0 Å². The van der Waals surface area contributed by atoms with Gasteiger partial charge in [-0.1, -0.05) is 30.4 Å². The summed E-state index contributed by atoms with van der Waals surface area (Å²) in [5.41, 5.74) is 1.55. The molecule has 0 aliphatic carbocycles. The second-order valence-electron chi connectivity index (χ2n) is 8.23. The van der Waals surface area contributed by atoms with Crippen molar-refractivity contribution in [2.45, 2.75) is 25.8 Å². The standard InChI is InChI=1S/C25H29N3O3/c1-31-21-8-6-7-19(17-21)18-28-14-5-3-9-22(24(28)29)20-11-15-27(16-12-20)25(30)23-10-2-4-13-26-23/h2-8,10,13,17,20,22H,9,11-12,14-16,18H2,1H3/t22-/m1/s1. The van der Waals surface area contributed by atoms with Gasteiger partial charge in [-0.25, -0.2) is 0 Å². The Balaban J connectivity index is 1.39. The van der Waals surface area contributed by atoms with Crippen LogP contribution < -0.4 is 4.74 Å². The average molecular weight is 420 g/mol. The van der Waals surface area contributed by atoms with Crippen molar-refractivity contribution in [2.75, 3.05) is 26.7 Å². The molecule has 0 unspecified atom stereocenters. The van der Waals surface area contributed by atoms with Gasteiger partial charge in [0.15, 0.2) is 0 Å². The van der Waals surface area contributed by atoms with Gasteiger partial charge in [0, 0.05) is 38.3 Å². The summed E-state index contributed by atoms with van der Waals surface area (Å²) < 4.78 is 5.32. The maximum absolute atomic E-state index is 13.4. The third kappa shape index (κ3) is 4.95. The molecule has 0 saturated carbocycles. The number of hydrogen-bond donors (Lipinski definition) is 0. The van der Waals surface area contributed by atoms with Crippen LogP contribution in [0.25, 0.3) is 0 Å². The van der Waals surface area contributed by atoms with Crippen LogP contribution in [0.2, 0.25) is 0 Å². The zero-order chi connectivity index (χ0) is 21.6. The van der Waals surface area contributed by atoms with Crippen molar-refractivity contribution in [3.05, 3.63) is 72.1 Å². The molecule has 6 heteroatoms. The minimum absolute atomic E-state index is 0.0224. The normalized spacial score (nSPS) is 19.9. The van der Waals surface area contributed by atoms with Gasteiger partial charge in [0.25, 0.3) is 5.91 Å². The minimum Gasteiger partial charge on any atom is -0.497 e. The molecule has 3 heterocycles. The number of rotatable bonds is 5. The highest BCUT2D eigenvalue weighted by molar-refractivity contribution is 5.92. The molecule has 0 spiro atoms. The molecule has 1 saturated heterocycles. The van der Waals surface area contributed by atoms with Gasteiger partial charge < -0.3 is 14.5 Å². The Morgan fingerprint density at radius 2 is 1.97 bits per heavy atom. The number of aromatic nitrogens is 1. The molecule has 31 heavy (non-hydrogen) atoms.